The molecule has 3 aromatic heterocycles. The molecular weight excluding hydrogens is 591 g/mol. The van der Waals surface area contributed by atoms with Crippen molar-refractivity contribution in [3.63, 3.8) is 0 Å². The Morgan fingerprint density at radius 1 is 0.383 bits per heavy atom. The molecule has 0 saturated heterocycles. The summed E-state index contributed by atoms with van der Waals surface area (Å²) in [7, 11) is 0. The molecule has 3 nitrogen and oxygen atoms in total. The van der Waals surface area contributed by atoms with E-state index in [-0.39, 0.29) is 0 Å². The third kappa shape index (κ3) is 4.09. The maximum absolute atomic E-state index is 5.23. The molecule has 0 amide bonds. The number of nitrogens with zero attached hydrogens (tertiary/aromatic N) is 3. The molecule has 0 N–H and O–H groups in total. The number of para-hydroxylation sites is 2. The van der Waals surface area contributed by atoms with Gasteiger partial charge in [-0.2, -0.15) is 0 Å². The Balaban J connectivity index is 1.16. The molecule has 0 spiro atoms. The first-order chi connectivity index (χ1) is 23.3. The van der Waals surface area contributed by atoms with Gasteiger partial charge in [-0.15, -0.1) is 11.3 Å². The maximum atomic E-state index is 5.23. The van der Waals surface area contributed by atoms with Crippen molar-refractivity contribution in [2.75, 3.05) is 0 Å². The molecule has 0 atom stereocenters. The van der Waals surface area contributed by atoms with Crippen LogP contribution >= 0.6 is 11.3 Å². The topological polar surface area (TPSA) is 38.7 Å². The molecule has 0 radical (unpaired) electrons. The Labute approximate surface area is 274 Å². The highest BCUT2D eigenvalue weighted by Crippen LogP contribution is 2.43. The van der Waals surface area contributed by atoms with Crippen molar-refractivity contribution in [2.24, 2.45) is 0 Å². The van der Waals surface area contributed by atoms with E-state index in [1.165, 1.54) is 41.7 Å². The molecule has 10 aromatic rings. The zero-order chi connectivity index (χ0) is 30.9. The Bertz CT molecular complexity index is 2850. The van der Waals surface area contributed by atoms with Gasteiger partial charge in [0.2, 0.25) is 0 Å². The zero-order valence-corrected chi connectivity index (χ0v) is 26.0. The second kappa shape index (κ2) is 10.3. The van der Waals surface area contributed by atoms with Crippen LogP contribution in [0.15, 0.2) is 152 Å². The monoisotopic (exact) mass is 615 g/mol. The second-order valence-corrected chi connectivity index (χ2v) is 13.0. The van der Waals surface area contributed by atoms with Gasteiger partial charge < -0.3 is 0 Å². The summed E-state index contributed by atoms with van der Waals surface area (Å²) in [6.45, 7) is 0. The van der Waals surface area contributed by atoms with Gasteiger partial charge in [0, 0.05) is 58.4 Å². The summed E-state index contributed by atoms with van der Waals surface area (Å²) in [5.41, 5.74) is 7.01. The van der Waals surface area contributed by atoms with E-state index < -0.39 is 0 Å². The van der Waals surface area contributed by atoms with Gasteiger partial charge in [0.05, 0.1) is 22.4 Å². The van der Waals surface area contributed by atoms with E-state index in [1.807, 2.05) is 17.4 Å². The Kier molecular flexibility index (Phi) is 5.74. The van der Waals surface area contributed by atoms with Crippen LogP contribution in [0.2, 0.25) is 0 Å². The third-order valence-electron chi connectivity index (χ3n) is 9.27. The fourth-order valence-corrected chi connectivity index (χ4v) is 8.32. The Morgan fingerprint density at radius 3 is 1.87 bits per heavy atom. The molecular formula is C43H25N3S. The van der Waals surface area contributed by atoms with Gasteiger partial charge >= 0.3 is 0 Å². The normalized spacial score (nSPS) is 11.8. The summed E-state index contributed by atoms with van der Waals surface area (Å²) in [6.07, 6.45) is 0. The van der Waals surface area contributed by atoms with E-state index in [1.54, 1.807) is 0 Å². The first-order valence-corrected chi connectivity index (χ1v) is 16.6. The van der Waals surface area contributed by atoms with Gasteiger partial charge in [-0.05, 0) is 29.0 Å². The summed E-state index contributed by atoms with van der Waals surface area (Å²) in [5, 5.41) is 9.64. The number of pyridine rings is 1. The van der Waals surface area contributed by atoms with Crippen LogP contribution < -0.4 is 0 Å². The van der Waals surface area contributed by atoms with E-state index in [0.29, 0.717) is 5.82 Å². The van der Waals surface area contributed by atoms with Gasteiger partial charge in [0.1, 0.15) is 0 Å². The highest BCUT2D eigenvalue weighted by molar-refractivity contribution is 7.26. The summed E-state index contributed by atoms with van der Waals surface area (Å²) in [4.78, 5) is 15.5. The molecule has 10 rings (SSSR count). The molecule has 0 unspecified atom stereocenters. The molecule has 0 fully saturated rings. The molecule has 4 heteroatoms. The first kappa shape index (κ1) is 26.3. The van der Waals surface area contributed by atoms with Crippen molar-refractivity contribution in [1.82, 2.24) is 15.0 Å². The molecule has 0 aliphatic carbocycles. The predicted molar refractivity (Wildman–Crippen MR) is 199 cm³/mol. The predicted octanol–water partition coefficient (Wildman–Crippen LogP) is 11.9. The largest absolute Gasteiger partial charge is 0.247 e. The maximum Gasteiger partial charge on any atom is 0.160 e. The Hall–Kier alpha value is -5.97. The summed E-state index contributed by atoms with van der Waals surface area (Å²) in [6, 6.07) is 53.5. The fourth-order valence-electron chi connectivity index (χ4n) is 7.06. The van der Waals surface area contributed by atoms with Crippen LogP contribution in [-0.4, -0.2) is 15.0 Å². The van der Waals surface area contributed by atoms with Crippen molar-refractivity contribution in [1.29, 1.82) is 0 Å². The van der Waals surface area contributed by atoms with Crippen LogP contribution in [0.25, 0.3) is 97.4 Å². The van der Waals surface area contributed by atoms with Gasteiger partial charge in [0.15, 0.2) is 5.82 Å². The highest BCUT2D eigenvalue weighted by atomic mass is 32.1. The quantitative estimate of drug-likeness (QED) is 0.186. The highest BCUT2D eigenvalue weighted by Gasteiger charge is 2.17. The van der Waals surface area contributed by atoms with E-state index in [4.69, 9.17) is 15.0 Å². The van der Waals surface area contributed by atoms with E-state index in [2.05, 4.69) is 146 Å². The average molecular weight is 616 g/mol. The summed E-state index contributed by atoms with van der Waals surface area (Å²) in [5.74, 6) is 0.710. The number of aromatic nitrogens is 3. The lowest BCUT2D eigenvalue weighted by atomic mass is 9.97. The van der Waals surface area contributed by atoms with Crippen LogP contribution in [0.1, 0.15) is 0 Å². The standard InChI is InChI=1S/C43H25N3S/c1-2-12-29-26(10-1)11-9-16-31(29)41-34-15-4-7-18-37(34)45-43(46-41)28-22-20-27(21-23-28)40-35-25-24-32-30-13-5-8-19-38(30)47-42(32)39(35)33-14-3-6-17-36(33)44-40/h1-25H. The second-order valence-electron chi connectivity index (χ2n) is 12.0. The van der Waals surface area contributed by atoms with Crippen molar-refractivity contribution in [2.45, 2.75) is 0 Å². The number of benzene rings is 7. The van der Waals surface area contributed by atoms with Crippen LogP contribution in [0.4, 0.5) is 0 Å². The lowest BCUT2D eigenvalue weighted by Crippen LogP contribution is -1.96. The van der Waals surface area contributed by atoms with Crippen LogP contribution in [0.3, 0.4) is 0 Å². The molecule has 0 bridgehead atoms. The van der Waals surface area contributed by atoms with E-state index in [9.17, 15) is 0 Å². The number of rotatable bonds is 3. The van der Waals surface area contributed by atoms with Crippen molar-refractivity contribution in [3.05, 3.63) is 152 Å². The van der Waals surface area contributed by atoms with Crippen LogP contribution in [0.5, 0.6) is 0 Å². The molecule has 0 saturated carbocycles. The van der Waals surface area contributed by atoms with Crippen LogP contribution in [0, 0.1) is 0 Å². The number of hydrogen-bond acceptors (Lipinski definition) is 4. The minimum absolute atomic E-state index is 0.710. The van der Waals surface area contributed by atoms with Gasteiger partial charge in [0.25, 0.3) is 0 Å². The minimum atomic E-state index is 0.710. The average Bonchev–Trinajstić information content (AvgIpc) is 3.53. The summed E-state index contributed by atoms with van der Waals surface area (Å²) >= 11 is 1.87. The van der Waals surface area contributed by atoms with Gasteiger partial charge in [-0.3, -0.25) is 0 Å². The molecule has 218 valence electrons. The molecule has 47 heavy (non-hydrogen) atoms. The molecule has 0 aliphatic rings. The lowest BCUT2D eigenvalue weighted by Gasteiger charge is -2.13. The smallest absolute Gasteiger partial charge is 0.160 e. The van der Waals surface area contributed by atoms with Gasteiger partial charge in [-0.25, -0.2) is 15.0 Å². The Morgan fingerprint density at radius 2 is 1.02 bits per heavy atom. The zero-order valence-electron chi connectivity index (χ0n) is 25.2. The fraction of sp³-hybridized carbons (Fsp3) is 0. The SMILES string of the molecule is c1ccc2c(-c3nc(-c4ccc(-c5nc6ccccc6c6c5ccc5c7ccccc7sc56)cc4)nc4ccccc34)cccc2c1. The van der Waals surface area contributed by atoms with Crippen molar-refractivity contribution in [3.8, 4) is 33.9 Å². The summed E-state index contributed by atoms with van der Waals surface area (Å²) < 4.78 is 2.62. The van der Waals surface area contributed by atoms with Crippen LogP contribution in [-0.2, 0) is 0 Å². The number of fused-ring (bicyclic) bond motifs is 9. The third-order valence-corrected chi connectivity index (χ3v) is 10.5. The van der Waals surface area contributed by atoms with E-state index in [0.717, 1.165) is 49.9 Å². The number of hydrogen-bond donors (Lipinski definition) is 0. The number of thiophene rings is 1. The minimum Gasteiger partial charge on any atom is -0.247 e. The van der Waals surface area contributed by atoms with Crippen molar-refractivity contribution >= 4 is 74.9 Å². The van der Waals surface area contributed by atoms with Crippen molar-refractivity contribution < 1.29 is 0 Å². The van der Waals surface area contributed by atoms with Gasteiger partial charge in [-0.1, -0.05) is 133 Å². The first-order valence-electron chi connectivity index (χ1n) is 15.8. The lowest BCUT2D eigenvalue weighted by molar-refractivity contribution is 1.23. The van der Waals surface area contributed by atoms with E-state index >= 15 is 0 Å². The molecule has 3 heterocycles. The molecule has 0 aliphatic heterocycles. The molecule has 7 aromatic carbocycles.